The van der Waals surface area contributed by atoms with Gasteiger partial charge in [0.15, 0.2) is 12.6 Å². The summed E-state index contributed by atoms with van der Waals surface area (Å²) in [6, 6.07) is 8.28. The maximum atomic E-state index is 11.8. The molecule has 1 amide bonds. The van der Waals surface area contributed by atoms with Crippen LogP contribution >= 0.6 is 0 Å². The highest BCUT2D eigenvalue weighted by atomic mass is 16.7. The van der Waals surface area contributed by atoms with Crippen LogP contribution in [0.1, 0.15) is 12.5 Å². The molecule has 2 aliphatic rings. The van der Waals surface area contributed by atoms with Crippen molar-refractivity contribution in [1.29, 1.82) is 0 Å². The Kier molecular flexibility index (Phi) is 10.8. The fourth-order valence-corrected chi connectivity index (χ4v) is 4.19. The number of aliphatic hydroxyl groups excluding tert-OH is 5. The number of benzene rings is 1. The smallest absolute Gasteiger partial charge is 0.217 e. The van der Waals surface area contributed by atoms with Crippen LogP contribution in [0.15, 0.2) is 43.0 Å². The van der Waals surface area contributed by atoms with E-state index in [9.17, 15) is 30.3 Å². The van der Waals surface area contributed by atoms with Gasteiger partial charge < -0.3 is 54.5 Å². The molecule has 12 heteroatoms. The second-order valence-corrected chi connectivity index (χ2v) is 8.68. The van der Waals surface area contributed by atoms with E-state index in [1.807, 2.05) is 30.3 Å². The predicted molar refractivity (Wildman–Crippen MR) is 123 cm³/mol. The molecule has 0 radical (unpaired) electrons. The molecule has 6 unspecified atom stereocenters. The zero-order chi connectivity index (χ0) is 26.2. The van der Waals surface area contributed by atoms with Gasteiger partial charge in [0.25, 0.3) is 0 Å². The molecule has 12 nitrogen and oxygen atoms in total. The zero-order valence-corrected chi connectivity index (χ0v) is 20.0. The molecule has 0 bridgehead atoms. The van der Waals surface area contributed by atoms with E-state index in [1.54, 1.807) is 0 Å². The van der Waals surface area contributed by atoms with E-state index in [1.165, 1.54) is 13.0 Å². The van der Waals surface area contributed by atoms with Crippen molar-refractivity contribution in [3.05, 3.63) is 48.6 Å². The number of rotatable bonds is 11. The number of nitrogens with one attached hydrogen (secondary N) is 1. The average molecular weight is 514 g/mol. The first-order valence-corrected chi connectivity index (χ1v) is 11.7. The van der Waals surface area contributed by atoms with Gasteiger partial charge >= 0.3 is 0 Å². The van der Waals surface area contributed by atoms with Crippen molar-refractivity contribution in [3.63, 3.8) is 0 Å². The number of amides is 1. The van der Waals surface area contributed by atoms with E-state index in [2.05, 4.69) is 11.9 Å². The van der Waals surface area contributed by atoms with Crippen LogP contribution < -0.4 is 5.32 Å². The molecule has 6 N–H and O–H groups in total. The van der Waals surface area contributed by atoms with E-state index in [0.717, 1.165) is 5.56 Å². The lowest BCUT2D eigenvalue weighted by Crippen LogP contribution is -2.67. The van der Waals surface area contributed by atoms with Crippen LogP contribution in [0.5, 0.6) is 0 Å². The van der Waals surface area contributed by atoms with Gasteiger partial charge in [0.2, 0.25) is 5.91 Å². The normalized spacial score (nSPS) is 36.8. The summed E-state index contributed by atoms with van der Waals surface area (Å²) in [6.45, 7) is 4.43. The third-order valence-corrected chi connectivity index (χ3v) is 5.98. The highest BCUT2D eigenvalue weighted by Gasteiger charge is 2.51. The van der Waals surface area contributed by atoms with Crippen LogP contribution in [0, 0.1) is 0 Å². The Labute approximate surface area is 209 Å². The van der Waals surface area contributed by atoms with Crippen molar-refractivity contribution < 1.29 is 54.0 Å². The Morgan fingerprint density at radius 3 is 2.42 bits per heavy atom. The lowest BCUT2D eigenvalue weighted by Gasteiger charge is -2.47. The minimum atomic E-state index is -1.68. The summed E-state index contributed by atoms with van der Waals surface area (Å²) in [5.41, 5.74) is 0.899. The van der Waals surface area contributed by atoms with Crippen LogP contribution in [-0.4, -0.2) is 113 Å². The second kappa shape index (κ2) is 13.5. The molecule has 0 aliphatic carbocycles. The van der Waals surface area contributed by atoms with Gasteiger partial charge in [-0.15, -0.1) is 6.58 Å². The van der Waals surface area contributed by atoms with E-state index >= 15 is 0 Å². The summed E-state index contributed by atoms with van der Waals surface area (Å²) in [5, 5.41) is 53.5. The molecule has 0 aromatic heterocycles. The van der Waals surface area contributed by atoms with Gasteiger partial charge in [0.05, 0.1) is 26.4 Å². The number of aliphatic hydroxyl groups is 5. The van der Waals surface area contributed by atoms with Crippen molar-refractivity contribution in [2.75, 3.05) is 19.8 Å². The highest BCUT2D eigenvalue weighted by Crippen LogP contribution is 2.30. The largest absolute Gasteiger partial charge is 0.394 e. The fourth-order valence-electron chi connectivity index (χ4n) is 4.19. The van der Waals surface area contributed by atoms with E-state index in [-0.39, 0.29) is 19.8 Å². The van der Waals surface area contributed by atoms with Crippen LogP contribution in [0.3, 0.4) is 0 Å². The Hall–Kier alpha value is -1.97. The van der Waals surface area contributed by atoms with Crippen molar-refractivity contribution in [3.8, 4) is 0 Å². The van der Waals surface area contributed by atoms with Gasteiger partial charge in [-0.1, -0.05) is 36.4 Å². The molecule has 0 saturated carbocycles. The average Bonchev–Trinajstić information content (AvgIpc) is 2.86. The Bertz CT molecular complexity index is 826. The van der Waals surface area contributed by atoms with Gasteiger partial charge in [-0.3, -0.25) is 4.79 Å². The van der Waals surface area contributed by atoms with Crippen LogP contribution in [0.2, 0.25) is 0 Å². The molecule has 2 heterocycles. The van der Waals surface area contributed by atoms with Crippen molar-refractivity contribution in [1.82, 2.24) is 5.32 Å². The first-order valence-electron chi connectivity index (χ1n) is 11.7. The SMILES string of the molecule is C=CCOC1C(NC(C)=O)[C@H](O)OC(COCc2ccccc2)[C@@H]1O[C@@H]1OC(CO)[C@H](O)C(O)C1O. The number of carbonyl (C=O) groups is 1. The molecule has 3 rings (SSSR count). The Morgan fingerprint density at radius 2 is 1.78 bits per heavy atom. The van der Waals surface area contributed by atoms with Gasteiger partial charge in [-0.25, -0.2) is 0 Å². The van der Waals surface area contributed by atoms with Gasteiger partial charge in [-0.05, 0) is 5.56 Å². The molecule has 1 aromatic rings. The number of carbonyl (C=O) groups excluding carboxylic acids is 1. The van der Waals surface area contributed by atoms with E-state index < -0.39 is 73.9 Å². The maximum absolute atomic E-state index is 11.8. The Morgan fingerprint density at radius 1 is 1.06 bits per heavy atom. The quantitative estimate of drug-likeness (QED) is 0.184. The molecule has 2 saturated heterocycles. The standard InChI is InChI=1S/C24H35NO11/c1-3-9-33-22-17(25-13(2)27)23(31)34-16(12-32-11-14-7-5-4-6-8-14)21(22)36-24-20(30)19(29)18(28)15(10-26)35-24/h3-8,15-24,26,28-31H,1,9-12H2,2H3,(H,25,27)/t15?,16?,17?,18-,19?,20?,21-,22?,23+,24-/m0/s1. The van der Waals surface area contributed by atoms with Crippen LogP contribution in [0.25, 0.3) is 0 Å². The first-order chi connectivity index (χ1) is 17.3. The molecule has 202 valence electrons. The lowest BCUT2D eigenvalue weighted by atomic mass is 9.95. The molecule has 36 heavy (non-hydrogen) atoms. The van der Waals surface area contributed by atoms with Crippen molar-refractivity contribution >= 4 is 5.91 Å². The Balaban J connectivity index is 1.84. The van der Waals surface area contributed by atoms with E-state index in [0.29, 0.717) is 0 Å². The number of ether oxygens (including phenoxy) is 5. The summed E-state index contributed by atoms with van der Waals surface area (Å²) in [6.07, 6.45) is -10.7. The monoisotopic (exact) mass is 513 g/mol. The minimum Gasteiger partial charge on any atom is -0.394 e. The van der Waals surface area contributed by atoms with Crippen LogP contribution in [-0.2, 0) is 35.1 Å². The summed E-state index contributed by atoms with van der Waals surface area (Å²) in [7, 11) is 0. The zero-order valence-electron chi connectivity index (χ0n) is 20.0. The molecule has 0 spiro atoms. The summed E-state index contributed by atoms with van der Waals surface area (Å²) in [4.78, 5) is 11.8. The minimum absolute atomic E-state index is 0.0274. The molecule has 2 aliphatic heterocycles. The summed E-state index contributed by atoms with van der Waals surface area (Å²) in [5.74, 6) is -0.458. The molecule has 1 aromatic carbocycles. The van der Waals surface area contributed by atoms with Crippen molar-refractivity contribution in [2.24, 2.45) is 0 Å². The molecular weight excluding hydrogens is 478 g/mol. The van der Waals surface area contributed by atoms with Gasteiger partial charge in [-0.2, -0.15) is 0 Å². The topological polar surface area (TPSA) is 176 Å². The lowest BCUT2D eigenvalue weighted by molar-refractivity contribution is -0.348. The number of hydrogen-bond acceptors (Lipinski definition) is 11. The highest BCUT2D eigenvalue weighted by molar-refractivity contribution is 5.73. The van der Waals surface area contributed by atoms with Gasteiger partial charge in [0.1, 0.15) is 48.8 Å². The third kappa shape index (κ3) is 7.07. The van der Waals surface area contributed by atoms with Crippen LogP contribution in [0.4, 0.5) is 0 Å². The van der Waals surface area contributed by atoms with E-state index in [4.69, 9.17) is 23.7 Å². The predicted octanol–water partition coefficient (Wildman–Crippen LogP) is -1.82. The fraction of sp³-hybridized carbons (Fsp3) is 0.625. The molecule has 10 atom stereocenters. The number of hydrogen-bond donors (Lipinski definition) is 6. The van der Waals surface area contributed by atoms with Gasteiger partial charge in [0, 0.05) is 6.92 Å². The second-order valence-electron chi connectivity index (χ2n) is 8.68. The first kappa shape index (κ1) is 28.6. The summed E-state index contributed by atoms with van der Waals surface area (Å²) >= 11 is 0. The molecular formula is C24H35NO11. The third-order valence-electron chi connectivity index (χ3n) is 5.98. The van der Waals surface area contributed by atoms with Crippen molar-refractivity contribution in [2.45, 2.75) is 74.9 Å². The maximum Gasteiger partial charge on any atom is 0.217 e. The summed E-state index contributed by atoms with van der Waals surface area (Å²) < 4.78 is 28.9. The molecule has 2 fully saturated rings.